The highest BCUT2D eigenvalue weighted by atomic mass is 19.1. The summed E-state index contributed by atoms with van der Waals surface area (Å²) in [6.45, 7) is 4.35. The molecule has 3 heteroatoms. The van der Waals surface area contributed by atoms with Crippen LogP contribution < -0.4 is 5.32 Å². The van der Waals surface area contributed by atoms with Gasteiger partial charge in [0.2, 0.25) is 0 Å². The van der Waals surface area contributed by atoms with Gasteiger partial charge in [-0.1, -0.05) is 24.3 Å². The molecule has 0 fully saturated rings. The van der Waals surface area contributed by atoms with Crippen LogP contribution in [0.4, 0.5) is 10.1 Å². The van der Waals surface area contributed by atoms with E-state index >= 15 is 0 Å². The minimum Gasteiger partial charge on any atom is -0.381 e. The van der Waals surface area contributed by atoms with Gasteiger partial charge in [-0.05, 0) is 49.2 Å². The van der Waals surface area contributed by atoms with E-state index in [2.05, 4.69) is 11.4 Å². The molecule has 0 aliphatic carbocycles. The average Bonchev–Trinajstić information content (AvgIpc) is 2.46. The van der Waals surface area contributed by atoms with Crippen LogP contribution in [0.1, 0.15) is 25.0 Å². The lowest BCUT2D eigenvalue weighted by Crippen LogP contribution is -2.13. The van der Waals surface area contributed by atoms with Crippen LogP contribution in [0.5, 0.6) is 0 Å². The summed E-state index contributed by atoms with van der Waals surface area (Å²) in [5.74, 6) is -0.226. The largest absolute Gasteiger partial charge is 0.381 e. The van der Waals surface area contributed by atoms with Crippen molar-refractivity contribution in [3.05, 3.63) is 65.5 Å². The van der Waals surface area contributed by atoms with Gasteiger partial charge in [-0.25, -0.2) is 4.39 Å². The number of nitriles is 1. The van der Waals surface area contributed by atoms with E-state index in [4.69, 9.17) is 5.26 Å². The van der Waals surface area contributed by atoms with Gasteiger partial charge >= 0.3 is 0 Å². The van der Waals surface area contributed by atoms with Gasteiger partial charge in [-0.15, -0.1) is 0 Å². The van der Waals surface area contributed by atoms with E-state index in [1.54, 1.807) is 6.07 Å². The van der Waals surface area contributed by atoms with Gasteiger partial charge in [0, 0.05) is 12.2 Å². The molecule has 102 valence electrons. The number of benzene rings is 2. The van der Waals surface area contributed by atoms with Crippen molar-refractivity contribution in [1.29, 1.82) is 5.26 Å². The van der Waals surface area contributed by atoms with Crippen molar-refractivity contribution in [2.75, 3.05) is 5.32 Å². The van der Waals surface area contributed by atoms with Crippen LogP contribution in [-0.2, 0) is 12.0 Å². The normalized spacial score (nSPS) is 10.9. The molecule has 0 saturated carbocycles. The Hall–Kier alpha value is -2.34. The first-order valence-corrected chi connectivity index (χ1v) is 6.51. The first-order chi connectivity index (χ1) is 9.51. The van der Waals surface area contributed by atoms with Gasteiger partial charge < -0.3 is 5.32 Å². The minimum atomic E-state index is -0.485. The fourth-order valence-electron chi connectivity index (χ4n) is 1.92. The van der Waals surface area contributed by atoms with Crippen molar-refractivity contribution in [3.63, 3.8) is 0 Å². The van der Waals surface area contributed by atoms with Gasteiger partial charge in [-0.3, -0.25) is 0 Å². The van der Waals surface area contributed by atoms with Crippen molar-refractivity contribution in [2.24, 2.45) is 0 Å². The number of nitrogens with one attached hydrogen (secondary N) is 1. The molecule has 2 aromatic rings. The molecule has 0 aliphatic heterocycles. The average molecular weight is 268 g/mol. The van der Waals surface area contributed by atoms with Crippen LogP contribution in [-0.4, -0.2) is 0 Å². The lowest BCUT2D eigenvalue weighted by atomic mass is 9.86. The monoisotopic (exact) mass is 268 g/mol. The predicted octanol–water partition coefficient (Wildman–Crippen LogP) is 4.24. The third-order valence-corrected chi connectivity index (χ3v) is 3.27. The molecule has 1 N–H and O–H groups in total. The molecule has 0 bridgehead atoms. The molecular weight excluding hydrogens is 251 g/mol. The minimum absolute atomic E-state index is 0.226. The van der Waals surface area contributed by atoms with Gasteiger partial charge in [0.05, 0.1) is 11.5 Å². The summed E-state index contributed by atoms with van der Waals surface area (Å²) in [7, 11) is 0. The van der Waals surface area contributed by atoms with Gasteiger partial charge in [0.1, 0.15) is 5.82 Å². The smallest absolute Gasteiger partial charge is 0.123 e. The molecule has 0 amide bonds. The summed E-state index contributed by atoms with van der Waals surface area (Å²) >= 11 is 0. The Morgan fingerprint density at radius 1 is 1.15 bits per heavy atom. The number of hydrogen-bond acceptors (Lipinski definition) is 2. The van der Waals surface area contributed by atoms with Gasteiger partial charge in [-0.2, -0.15) is 5.26 Å². The molecule has 0 aromatic heterocycles. The zero-order valence-corrected chi connectivity index (χ0v) is 11.7. The maximum absolute atomic E-state index is 13.1. The summed E-state index contributed by atoms with van der Waals surface area (Å²) in [4.78, 5) is 0. The second-order valence-corrected chi connectivity index (χ2v) is 5.30. The summed E-state index contributed by atoms with van der Waals surface area (Å²) < 4.78 is 13.1. The molecule has 2 aromatic carbocycles. The van der Waals surface area contributed by atoms with Gasteiger partial charge in [0.25, 0.3) is 0 Å². The Balaban J connectivity index is 2.03. The molecular formula is C17H17FN2. The van der Waals surface area contributed by atoms with E-state index in [1.165, 1.54) is 12.1 Å². The second-order valence-electron chi connectivity index (χ2n) is 5.30. The second kappa shape index (κ2) is 5.75. The van der Waals surface area contributed by atoms with E-state index in [0.29, 0.717) is 6.54 Å². The quantitative estimate of drug-likeness (QED) is 0.900. The summed E-state index contributed by atoms with van der Waals surface area (Å²) in [6, 6.07) is 16.6. The lowest BCUT2D eigenvalue weighted by molar-refractivity contribution is 0.626. The fraction of sp³-hybridized carbons (Fsp3) is 0.235. The van der Waals surface area contributed by atoms with Crippen molar-refractivity contribution in [2.45, 2.75) is 25.8 Å². The molecule has 0 radical (unpaired) electrons. The predicted molar refractivity (Wildman–Crippen MR) is 78.8 cm³/mol. The van der Waals surface area contributed by atoms with Gasteiger partial charge in [0.15, 0.2) is 0 Å². The third-order valence-electron chi connectivity index (χ3n) is 3.27. The number of rotatable bonds is 4. The zero-order valence-electron chi connectivity index (χ0n) is 11.7. The Kier molecular flexibility index (Phi) is 4.05. The Morgan fingerprint density at radius 3 is 2.45 bits per heavy atom. The molecule has 0 aliphatic rings. The van der Waals surface area contributed by atoms with Crippen LogP contribution >= 0.6 is 0 Å². The maximum atomic E-state index is 13.1. The Bertz CT molecular complexity index is 624. The molecule has 0 atom stereocenters. The summed E-state index contributed by atoms with van der Waals surface area (Å²) in [6.07, 6.45) is 0. The number of anilines is 1. The highest BCUT2D eigenvalue weighted by Crippen LogP contribution is 2.23. The van der Waals surface area contributed by atoms with E-state index in [0.717, 1.165) is 16.8 Å². The zero-order chi connectivity index (χ0) is 14.6. The first kappa shape index (κ1) is 14.1. The maximum Gasteiger partial charge on any atom is 0.123 e. The molecule has 2 rings (SSSR count). The van der Waals surface area contributed by atoms with E-state index in [9.17, 15) is 4.39 Å². The fourth-order valence-corrected chi connectivity index (χ4v) is 1.92. The van der Waals surface area contributed by atoms with E-state index in [-0.39, 0.29) is 5.82 Å². The molecule has 20 heavy (non-hydrogen) atoms. The van der Waals surface area contributed by atoms with E-state index in [1.807, 2.05) is 44.2 Å². The molecule has 2 nitrogen and oxygen atoms in total. The SMILES string of the molecule is CC(C)(C#N)c1ccc(NCc2cccc(F)c2)cc1. The lowest BCUT2D eigenvalue weighted by Gasteiger charge is -2.16. The molecule has 0 spiro atoms. The Labute approximate surface area is 118 Å². The summed E-state index contributed by atoms with van der Waals surface area (Å²) in [5.41, 5.74) is 2.34. The Morgan fingerprint density at radius 2 is 1.85 bits per heavy atom. The van der Waals surface area contributed by atoms with E-state index < -0.39 is 5.41 Å². The van der Waals surface area contributed by atoms with Crippen LogP contribution in [0, 0.1) is 17.1 Å². The number of nitrogens with zero attached hydrogens (tertiary/aromatic N) is 1. The highest BCUT2D eigenvalue weighted by Gasteiger charge is 2.18. The number of hydrogen-bond donors (Lipinski definition) is 1. The van der Waals surface area contributed by atoms with Crippen molar-refractivity contribution in [3.8, 4) is 6.07 Å². The summed E-state index contributed by atoms with van der Waals surface area (Å²) in [5, 5.41) is 12.3. The van der Waals surface area contributed by atoms with Crippen LogP contribution in [0.15, 0.2) is 48.5 Å². The standard InChI is InChI=1S/C17H17FN2/c1-17(2,12-19)14-6-8-16(9-7-14)20-11-13-4-3-5-15(18)10-13/h3-10,20H,11H2,1-2H3. The number of halogens is 1. The van der Waals surface area contributed by atoms with Crippen molar-refractivity contribution in [1.82, 2.24) is 0 Å². The van der Waals surface area contributed by atoms with Crippen LogP contribution in [0.3, 0.4) is 0 Å². The van der Waals surface area contributed by atoms with Crippen LogP contribution in [0.25, 0.3) is 0 Å². The third kappa shape index (κ3) is 3.36. The van der Waals surface area contributed by atoms with Crippen molar-refractivity contribution < 1.29 is 4.39 Å². The van der Waals surface area contributed by atoms with Crippen LogP contribution in [0.2, 0.25) is 0 Å². The molecule has 0 heterocycles. The molecule has 0 unspecified atom stereocenters. The van der Waals surface area contributed by atoms with Crippen molar-refractivity contribution >= 4 is 5.69 Å². The highest BCUT2D eigenvalue weighted by molar-refractivity contribution is 5.47. The first-order valence-electron chi connectivity index (χ1n) is 6.51. The molecule has 0 saturated heterocycles. The topological polar surface area (TPSA) is 35.8 Å².